The highest BCUT2D eigenvalue weighted by atomic mass is 19.4. The number of halogens is 3. The van der Waals surface area contributed by atoms with E-state index in [9.17, 15) is 18.0 Å². The minimum absolute atomic E-state index is 0.0677. The predicted octanol–water partition coefficient (Wildman–Crippen LogP) is 2.40. The number of anilines is 2. The Morgan fingerprint density at radius 3 is 2.19 bits per heavy atom. The fourth-order valence-corrected chi connectivity index (χ4v) is 2.61. The highest BCUT2D eigenvalue weighted by molar-refractivity contribution is 5.95. The molecule has 2 aromatic rings. The molecule has 1 N–H and O–H groups in total. The number of hydrogen-bond donors (Lipinski definition) is 1. The van der Waals surface area contributed by atoms with Crippen molar-refractivity contribution in [3.05, 3.63) is 36.4 Å². The lowest BCUT2D eigenvalue weighted by atomic mass is 10.1. The molecule has 0 aliphatic carbocycles. The van der Waals surface area contributed by atoms with E-state index in [2.05, 4.69) is 27.0 Å². The Bertz CT molecular complexity index is 753. The minimum atomic E-state index is -4.91. The number of carbonyl (C=O) groups is 1. The molecule has 0 unspecified atom stereocenters. The number of nitrogens with one attached hydrogen (secondary N) is 1. The standard InChI is InChI=1S/C17H18F3N5O/c1-24-8-10-25(11-9-24)15-7-6-14(22-23-15)12-2-4-13(5-3-12)21-16(26)17(18,19)20/h2-7H,8-11H2,1H3,(H,21,26). The molecular formula is C17H18F3N5O. The van der Waals surface area contributed by atoms with Gasteiger partial charge in [0, 0.05) is 37.4 Å². The summed E-state index contributed by atoms with van der Waals surface area (Å²) in [5, 5.41) is 10.3. The van der Waals surface area contributed by atoms with Crippen molar-refractivity contribution < 1.29 is 18.0 Å². The lowest BCUT2D eigenvalue weighted by molar-refractivity contribution is -0.167. The van der Waals surface area contributed by atoms with Gasteiger partial charge in [-0.2, -0.15) is 13.2 Å². The lowest BCUT2D eigenvalue weighted by Gasteiger charge is -2.32. The Kier molecular flexibility index (Phi) is 5.08. The van der Waals surface area contributed by atoms with Crippen LogP contribution < -0.4 is 10.2 Å². The molecule has 0 saturated carbocycles. The molecule has 1 aliphatic heterocycles. The van der Waals surface area contributed by atoms with Gasteiger partial charge in [0.05, 0.1) is 5.69 Å². The normalized spacial score (nSPS) is 15.8. The minimum Gasteiger partial charge on any atom is -0.353 e. The van der Waals surface area contributed by atoms with Crippen molar-refractivity contribution in [3.63, 3.8) is 0 Å². The molecule has 3 rings (SSSR count). The van der Waals surface area contributed by atoms with E-state index in [0.717, 1.165) is 32.0 Å². The second-order valence-electron chi connectivity index (χ2n) is 6.10. The van der Waals surface area contributed by atoms with Crippen molar-refractivity contribution in [1.82, 2.24) is 15.1 Å². The molecule has 1 amide bonds. The summed E-state index contributed by atoms with van der Waals surface area (Å²) in [7, 11) is 2.08. The Labute approximate surface area is 148 Å². The molecule has 1 aromatic carbocycles. The van der Waals surface area contributed by atoms with Crippen LogP contribution in [0, 0.1) is 0 Å². The zero-order chi connectivity index (χ0) is 18.7. The summed E-state index contributed by atoms with van der Waals surface area (Å²) < 4.78 is 36.8. The van der Waals surface area contributed by atoms with E-state index in [4.69, 9.17) is 0 Å². The van der Waals surface area contributed by atoms with Gasteiger partial charge in [0.25, 0.3) is 0 Å². The summed E-state index contributed by atoms with van der Waals surface area (Å²) in [4.78, 5) is 15.3. The van der Waals surface area contributed by atoms with Crippen molar-refractivity contribution in [3.8, 4) is 11.3 Å². The molecule has 26 heavy (non-hydrogen) atoms. The Morgan fingerprint density at radius 1 is 1.00 bits per heavy atom. The molecule has 0 spiro atoms. The van der Waals surface area contributed by atoms with E-state index < -0.39 is 12.1 Å². The van der Waals surface area contributed by atoms with Crippen LogP contribution in [-0.2, 0) is 4.79 Å². The lowest BCUT2D eigenvalue weighted by Crippen LogP contribution is -2.44. The number of likely N-dealkylation sites (N-methyl/N-ethyl adjacent to an activating group) is 1. The molecule has 9 heteroatoms. The van der Waals surface area contributed by atoms with E-state index in [1.54, 1.807) is 17.4 Å². The molecule has 2 heterocycles. The van der Waals surface area contributed by atoms with E-state index in [-0.39, 0.29) is 5.69 Å². The van der Waals surface area contributed by atoms with Gasteiger partial charge in [0.1, 0.15) is 0 Å². The van der Waals surface area contributed by atoms with Crippen molar-refractivity contribution in [1.29, 1.82) is 0 Å². The second kappa shape index (κ2) is 7.28. The number of rotatable bonds is 3. The summed E-state index contributed by atoms with van der Waals surface area (Å²) in [6.07, 6.45) is -4.91. The van der Waals surface area contributed by atoms with Crippen molar-refractivity contribution in [2.24, 2.45) is 0 Å². The first-order valence-corrected chi connectivity index (χ1v) is 8.09. The summed E-state index contributed by atoms with van der Waals surface area (Å²) in [5.74, 6) is -1.20. The van der Waals surface area contributed by atoms with Gasteiger partial charge in [0.15, 0.2) is 5.82 Å². The zero-order valence-corrected chi connectivity index (χ0v) is 14.1. The van der Waals surface area contributed by atoms with E-state index in [1.165, 1.54) is 12.1 Å². The quantitative estimate of drug-likeness (QED) is 0.905. The van der Waals surface area contributed by atoms with Crippen molar-refractivity contribution in [2.45, 2.75) is 6.18 Å². The van der Waals surface area contributed by atoms with Gasteiger partial charge in [-0.15, -0.1) is 10.2 Å². The third-order valence-electron chi connectivity index (χ3n) is 4.17. The van der Waals surface area contributed by atoms with Crippen molar-refractivity contribution in [2.75, 3.05) is 43.4 Å². The van der Waals surface area contributed by atoms with Gasteiger partial charge in [-0.05, 0) is 31.3 Å². The number of benzene rings is 1. The molecule has 0 bridgehead atoms. The molecule has 0 atom stereocenters. The number of aromatic nitrogens is 2. The fourth-order valence-electron chi connectivity index (χ4n) is 2.61. The molecular weight excluding hydrogens is 347 g/mol. The van der Waals surface area contributed by atoms with Crippen LogP contribution in [0.3, 0.4) is 0 Å². The number of alkyl halides is 3. The Balaban J connectivity index is 1.67. The second-order valence-corrected chi connectivity index (χ2v) is 6.10. The molecule has 1 saturated heterocycles. The van der Waals surface area contributed by atoms with Crippen molar-refractivity contribution >= 4 is 17.4 Å². The molecule has 138 valence electrons. The topological polar surface area (TPSA) is 61.4 Å². The summed E-state index contributed by atoms with van der Waals surface area (Å²) in [5.41, 5.74) is 1.38. The first kappa shape index (κ1) is 18.1. The van der Waals surface area contributed by atoms with Gasteiger partial charge < -0.3 is 15.1 Å². The maximum atomic E-state index is 12.3. The molecule has 6 nitrogen and oxygen atoms in total. The number of carbonyl (C=O) groups excluding carboxylic acids is 1. The van der Waals surface area contributed by atoms with Crippen LogP contribution in [-0.4, -0.2) is 60.4 Å². The van der Waals surface area contributed by atoms with Crippen LogP contribution in [0.5, 0.6) is 0 Å². The summed E-state index contributed by atoms with van der Waals surface area (Å²) >= 11 is 0. The first-order chi connectivity index (χ1) is 12.3. The maximum absolute atomic E-state index is 12.3. The largest absolute Gasteiger partial charge is 0.471 e. The fraction of sp³-hybridized carbons (Fsp3) is 0.353. The van der Waals surface area contributed by atoms with Crippen LogP contribution in [0.2, 0.25) is 0 Å². The Hall–Kier alpha value is -2.68. The average molecular weight is 365 g/mol. The van der Waals surface area contributed by atoms with E-state index in [1.807, 2.05) is 12.1 Å². The molecule has 1 fully saturated rings. The van der Waals surface area contributed by atoms with Gasteiger partial charge in [-0.25, -0.2) is 0 Å². The highest BCUT2D eigenvalue weighted by Crippen LogP contribution is 2.23. The molecule has 1 aliphatic rings. The molecule has 1 aromatic heterocycles. The smallest absolute Gasteiger partial charge is 0.353 e. The monoisotopic (exact) mass is 365 g/mol. The van der Waals surface area contributed by atoms with Gasteiger partial charge in [-0.3, -0.25) is 4.79 Å². The SMILES string of the molecule is CN1CCN(c2ccc(-c3ccc(NC(=O)C(F)(F)F)cc3)nn2)CC1. The van der Waals surface area contributed by atoms with Crippen LogP contribution in [0.25, 0.3) is 11.3 Å². The summed E-state index contributed by atoms with van der Waals surface area (Å²) in [6.45, 7) is 3.71. The summed E-state index contributed by atoms with van der Waals surface area (Å²) in [6, 6.07) is 9.68. The van der Waals surface area contributed by atoms with Crippen LogP contribution in [0.1, 0.15) is 0 Å². The number of piperazine rings is 1. The van der Waals surface area contributed by atoms with Crippen LogP contribution in [0.4, 0.5) is 24.7 Å². The van der Waals surface area contributed by atoms with E-state index in [0.29, 0.717) is 11.3 Å². The number of hydrogen-bond acceptors (Lipinski definition) is 5. The maximum Gasteiger partial charge on any atom is 0.471 e. The van der Waals surface area contributed by atoms with Gasteiger partial charge >= 0.3 is 12.1 Å². The number of amides is 1. The van der Waals surface area contributed by atoms with E-state index >= 15 is 0 Å². The molecule has 0 radical (unpaired) electrons. The van der Waals surface area contributed by atoms with Gasteiger partial charge in [0.2, 0.25) is 0 Å². The third kappa shape index (κ3) is 4.29. The zero-order valence-electron chi connectivity index (χ0n) is 14.1. The Morgan fingerprint density at radius 2 is 1.65 bits per heavy atom. The van der Waals surface area contributed by atoms with Crippen LogP contribution >= 0.6 is 0 Å². The third-order valence-corrected chi connectivity index (χ3v) is 4.17. The predicted molar refractivity (Wildman–Crippen MR) is 91.9 cm³/mol. The van der Waals surface area contributed by atoms with Gasteiger partial charge in [-0.1, -0.05) is 12.1 Å². The highest BCUT2D eigenvalue weighted by Gasteiger charge is 2.38. The average Bonchev–Trinajstić information content (AvgIpc) is 2.62. The first-order valence-electron chi connectivity index (χ1n) is 8.09. The van der Waals surface area contributed by atoms with Crippen LogP contribution in [0.15, 0.2) is 36.4 Å². The number of nitrogens with zero attached hydrogens (tertiary/aromatic N) is 4.